The van der Waals surface area contributed by atoms with E-state index in [2.05, 4.69) is 27.3 Å². The first-order chi connectivity index (χ1) is 14.1. The molecular weight excluding hydrogens is 364 g/mol. The summed E-state index contributed by atoms with van der Waals surface area (Å²) in [5.41, 5.74) is 4.70. The number of amides is 1. The Kier molecular flexibility index (Phi) is 5.69. The number of likely N-dealkylation sites (tertiary alicyclic amines) is 1. The van der Waals surface area contributed by atoms with Gasteiger partial charge in [-0.05, 0) is 44.6 Å². The second kappa shape index (κ2) is 8.55. The van der Waals surface area contributed by atoms with Crippen LogP contribution in [0, 0.1) is 19.8 Å². The second-order valence-electron chi connectivity index (χ2n) is 7.78. The zero-order valence-electron chi connectivity index (χ0n) is 17.0. The van der Waals surface area contributed by atoms with Crippen LogP contribution in [0.2, 0.25) is 0 Å². The Balaban J connectivity index is 1.30. The highest BCUT2D eigenvalue weighted by atomic mass is 16.5. The molecular formula is C23H26N4O2. The Morgan fingerprint density at radius 3 is 2.69 bits per heavy atom. The third-order valence-corrected chi connectivity index (χ3v) is 5.60. The summed E-state index contributed by atoms with van der Waals surface area (Å²) in [6.45, 7) is 5.43. The number of carbonyl (C=O) groups excluding carboxylic acids is 1. The van der Waals surface area contributed by atoms with Crippen molar-refractivity contribution < 1.29 is 9.32 Å². The molecule has 0 aliphatic carbocycles. The van der Waals surface area contributed by atoms with E-state index in [1.165, 1.54) is 5.56 Å². The average molecular weight is 390 g/mol. The molecule has 0 spiro atoms. The van der Waals surface area contributed by atoms with Crippen molar-refractivity contribution in [3.05, 3.63) is 65.4 Å². The predicted molar refractivity (Wildman–Crippen MR) is 110 cm³/mol. The van der Waals surface area contributed by atoms with Gasteiger partial charge in [0.2, 0.25) is 5.91 Å². The quantitative estimate of drug-likeness (QED) is 0.641. The summed E-state index contributed by atoms with van der Waals surface area (Å²) in [6, 6.07) is 10.2. The largest absolute Gasteiger partial charge is 0.361 e. The van der Waals surface area contributed by atoms with Gasteiger partial charge < -0.3 is 9.42 Å². The van der Waals surface area contributed by atoms with Crippen molar-refractivity contribution in [2.24, 2.45) is 5.92 Å². The predicted octanol–water partition coefficient (Wildman–Crippen LogP) is 3.77. The molecule has 3 aromatic rings. The number of carbonyl (C=O) groups is 1. The molecule has 0 saturated carbocycles. The molecule has 150 valence electrons. The van der Waals surface area contributed by atoms with Crippen LogP contribution in [0.4, 0.5) is 0 Å². The number of rotatable bonds is 6. The minimum atomic E-state index is 0.246. The van der Waals surface area contributed by atoms with E-state index in [-0.39, 0.29) is 5.91 Å². The van der Waals surface area contributed by atoms with E-state index in [1.807, 2.05) is 43.1 Å². The summed E-state index contributed by atoms with van der Waals surface area (Å²) in [6.07, 6.45) is 6.86. The number of aromatic nitrogens is 3. The lowest BCUT2D eigenvalue weighted by molar-refractivity contribution is -0.130. The van der Waals surface area contributed by atoms with Crippen LogP contribution in [0.5, 0.6) is 0 Å². The van der Waals surface area contributed by atoms with Crippen LogP contribution in [-0.2, 0) is 17.6 Å². The summed E-state index contributed by atoms with van der Waals surface area (Å²) in [4.78, 5) is 23.7. The molecule has 1 aromatic carbocycles. The van der Waals surface area contributed by atoms with Crippen molar-refractivity contribution in [1.29, 1.82) is 0 Å². The lowest BCUT2D eigenvalue weighted by Gasteiger charge is -2.16. The summed E-state index contributed by atoms with van der Waals surface area (Å²) in [5, 5.41) is 3.98. The van der Waals surface area contributed by atoms with Crippen molar-refractivity contribution in [2.45, 2.75) is 39.5 Å². The maximum atomic E-state index is 12.5. The van der Waals surface area contributed by atoms with Crippen LogP contribution in [-0.4, -0.2) is 39.0 Å². The van der Waals surface area contributed by atoms with E-state index in [0.29, 0.717) is 12.3 Å². The summed E-state index contributed by atoms with van der Waals surface area (Å²) in [5.74, 6) is 1.44. The Bertz CT molecular complexity index is 947. The molecule has 1 amide bonds. The lowest BCUT2D eigenvalue weighted by Crippen LogP contribution is -2.29. The molecule has 2 aromatic heterocycles. The van der Waals surface area contributed by atoms with Gasteiger partial charge in [-0.1, -0.05) is 35.5 Å². The summed E-state index contributed by atoms with van der Waals surface area (Å²) in [7, 11) is 0. The SMILES string of the molecule is Cc1noc(C)c1-c1cnc(CC2CCN(C(=O)CCc3ccccc3)C2)cn1. The monoisotopic (exact) mass is 390 g/mol. The van der Waals surface area contributed by atoms with Crippen LogP contribution in [0.25, 0.3) is 11.3 Å². The zero-order valence-corrected chi connectivity index (χ0v) is 17.0. The molecule has 0 radical (unpaired) electrons. The molecule has 0 N–H and O–H groups in total. The topological polar surface area (TPSA) is 72.1 Å². The Morgan fingerprint density at radius 1 is 1.17 bits per heavy atom. The van der Waals surface area contributed by atoms with E-state index in [4.69, 9.17) is 4.52 Å². The number of hydrogen-bond donors (Lipinski definition) is 0. The van der Waals surface area contributed by atoms with Crippen LogP contribution in [0.3, 0.4) is 0 Å². The van der Waals surface area contributed by atoms with Crippen molar-refractivity contribution in [3.8, 4) is 11.3 Å². The van der Waals surface area contributed by atoms with Crippen molar-refractivity contribution in [2.75, 3.05) is 13.1 Å². The average Bonchev–Trinajstić information content (AvgIpc) is 3.34. The van der Waals surface area contributed by atoms with E-state index < -0.39 is 0 Å². The Morgan fingerprint density at radius 2 is 2.00 bits per heavy atom. The Labute approximate surface area is 171 Å². The number of benzene rings is 1. The normalized spacial score (nSPS) is 16.3. The molecule has 4 rings (SSSR count). The summed E-state index contributed by atoms with van der Waals surface area (Å²) >= 11 is 0. The molecule has 1 aliphatic rings. The fraction of sp³-hybridized carbons (Fsp3) is 0.391. The van der Waals surface area contributed by atoms with E-state index in [1.54, 1.807) is 6.20 Å². The van der Waals surface area contributed by atoms with Gasteiger partial charge in [0.1, 0.15) is 5.76 Å². The molecule has 1 saturated heterocycles. The van der Waals surface area contributed by atoms with Gasteiger partial charge in [0, 0.05) is 25.7 Å². The smallest absolute Gasteiger partial charge is 0.222 e. The number of aryl methyl sites for hydroxylation is 3. The van der Waals surface area contributed by atoms with E-state index in [9.17, 15) is 4.79 Å². The van der Waals surface area contributed by atoms with Crippen molar-refractivity contribution in [3.63, 3.8) is 0 Å². The first kappa shape index (κ1) is 19.3. The maximum absolute atomic E-state index is 12.5. The van der Waals surface area contributed by atoms with Crippen molar-refractivity contribution in [1.82, 2.24) is 20.0 Å². The highest BCUT2D eigenvalue weighted by molar-refractivity contribution is 5.76. The molecule has 1 atom stereocenters. The van der Waals surface area contributed by atoms with E-state index in [0.717, 1.165) is 60.8 Å². The standard InChI is InChI=1S/C23H26N4O2/c1-16-23(17(2)29-26-16)21-14-24-20(13-25-21)12-19-10-11-27(15-19)22(28)9-8-18-6-4-3-5-7-18/h3-7,13-14,19H,8-12,15H2,1-2H3. The highest BCUT2D eigenvalue weighted by Gasteiger charge is 2.26. The van der Waals surface area contributed by atoms with Crippen LogP contribution >= 0.6 is 0 Å². The molecule has 1 unspecified atom stereocenters. The van der Waals surface area contributed by atoms with Crippen molar-refractivity contribution >= 4 is 5.91 Å². The third-order valence-electron chi connectivity index (χ3n) is 5.60. The minimum absolute atomic E-state index is 0.246. The number of hydrogen-bond acceptors (Lipinski definition) is 5. The van der Waals surface area contributed by atoms with Gasteiger partial charge in [-0.2, -0.15) is 0 Å². The highest BCUT2D eigenvalue weighted by Crippen LogP contribution is 2.25. The van der Waals surface area contributed by atoms with Crippen LogP contribution in [0.1, 0.15) is 35.6 Å². The van der Waals surface area contributed by atoms with Gasteiger partial charge in [-0.3, -0.25) is 14.8 Å². The molecule has 1 fully saturated rings. The zero-order chi connectivity index (χ0) is 20.2. The van der Waals surface area contributed by atoms with Gasteiger partial charge >= 0.3 is 0 Å². The van der Waals surface area contributed by atoms with Crippen LogP contribution < -0.4 is 0 Å². The molecule has 6 nitrogen and oxygen atoms in total. The molecule has 6 heteroatoms. The third kappa shape index (κ3) is 4.53. The van der Waals surface area contributed by atoms with E-state index >= 15 is 0 Å². The first-order valence-electron chi connectivity index (χ1n) is 10.2. The van der Waals surface area contributed by atoms with Gasteiger partial charge in [0.25, 0.3) is 0 Å². The molecule has 1 aliphatic heterocycles. The van der Waals surface area contributed by atoms with Gasteiger partial charge in [-0.15, -0.1) is 0 Å². The molecule has 0 bridgehead atoms. The number of nitrogens with zero attached hydrogens (tertiary/aromatic N) is 4. The fourth-order valence-electron chi connectivity index (χ4n) is 4.01. The molecule has 3 heterocycles. The first-order valence-corrected chi connectivity index (χ1v) is 10.2. The minimum Gasteiger partial charge on any atom is -0.361 e. The van der Waals surface area contributed by atoms with Gasteiger partial charge in [0.15, 0.2) is 0 Å². The maximum Gasteiger partial charge on any atom is 0.222 e. The van der Waals surface area contributed by atoms with Gasteiger partial charge in [0.05, 0.1) is 28.8 Å². The fourth-order valence-corrected chi connectivity index (χ4v) is 4.01. The van der Waals surface area contributed by atoms with Gasteiger partial charge in [-0.25, -0.2) is 0 Å². The lowest BCUT2D eigenvalue weighted by atomic mass is 10.0. The molecule has 29 heavy (non-hydrogen) atoms. The summed E-state index contributed by atoms with van der Waals surface area (Å²) < 4.78 is 5.21. The Hall–Kier alpha value is -3.02. The van der Waals surface area contributed by atoms with Crippen LogP contribution in [0.15, 0.2) is 47.2 Å². The second-order valence-corrected chi connectivity index (χ2v) is 7.78.